The molecule has 0 spiro atoms. The van der Waals surface area contributed by atoms with Crippen LogP contribution in [0, 0.1) is 5.92 Å². The van der Waals surface area contributed by atoms with Crippen LogP contribution in [0.1, 0.15) is 38.2 Å². The monoisotopic (exact) mass is 273 g/mol. The van der Waals surface area contributed by atoms with Gasteiger partial charge in [0.05, 0.1) is 17.8 Å². The molecule has 2 atom stereocenters. The fraction of sp³-hybridized carbons (Fsp3) is 0.562. The van der Waals surface area contributed by atoms with E-state index in [0.29, 0.717) is 12.5 Å². The first kappa shape index (κ1) is 13.3. The zero-order valence-corrected chi connectivity index (χ0v) is 12.3. The van der Waals surface area contributed by atoms with E-state index >= 15 is 0 Å². The number of nitrogen functional groups attached to an aromatic ring is 1. The average Bonchev–Trinajstić information content (AvgIpc) is 2.76. The molecule has 0 aromatic heterocycles. The summed E-state index contributed by atoms with van der Waals surface area (Å²) in [6, 6.07) is 4.54. The van der Waals surface area contributed by atoms with E-state index in [4.69, 9.17) is 5.73 Å². The predicted molar refractivity (Wildman–Crippen MR) is 83.0 cm³/mol. The van der Waals surface area contributed by atoms with Crippen LogP contribution >= 0.6 is 0 Å². The van der Waals surface area contributed by atoms with Gasteiger partial charge < -0.3 is 16.0 Å². The van der Waals surface area contributed by atoms with E-state index in [-0.39, 0.29) is 5.91 Å². The number of benzene rings is 1. The Labute approximate surface area is 120 Å². The zero-order valence-electron chi connectivity index (χ0n) is 12.3. The second-order valence-corrected chi connectivity index (χ2v) is 6.33. The smallest absolute Gasteiger partial charge is 0.228 e. The number of fused-ring (bicyclic) bond motifs is 1. The molecule has 1 heterocycles. The van der Waals surface area contributed by atoms with Crippen LogP contribution in [0.25, 0.3) is 0 Å². The van der Waals surface area contributed by atoms with E-state index < -0.39 is 0 Å². The molecule has 1 amide bonds. The Balaban J connectivity index is 1.86. The summed E-state index contributed by atoms with van der Waals surface area (Å²) in [5, 5.41) is 2.91. The summed E-state index contributed by atoms with van der Waals surface area (Å²) < 4.78 is 0. The lowest BCUT2D eigenvalue weighted by atomic mass is 9.86. The molecule has 0 radical (unpaired) electrons. The number of hydrogen-bond acceptors (Lipinski definition) is 3. The Hall–Kier alpha value is -1.71. The first-order chi connectivity index (χ1) is 9.54. The van der Waals surface area contributed by atoms with Gasteiger partial charge in [0.25, 0.3) is 0 Å². The first-order valence-corrected chi connectivity index (χ1v) is 7.49. The van der Waals surface area contributed by atoms with Crippen LogP contribution in [0.2, 0.25) is 0 Å². The maximum absolute atomic E-state index is 11.5. The van der Waals surface area contributed by atoms with E-state index in [1.54, 1.807) is 0 Å². The van der Waals surface area contributed by atoms with Crippen LogP contribution in [0.5, 0.6) is 0 Å². The highest BCUT2D eigenvalue weighted by molar-refractivity contribution is 6.00. The summed E-state index contributed by atoms with van der Waals surface area (Å²) in [5.41, 5.74) is 9.97. The minimum absolute atomic E-state index is 0.0606. The van der Waals surface area contributed by atoms with E-state index in [9.17, 15) is 4.79 Å². The zero-order chi connectivity index (χ0) is 14.3. The molecule has 1 saturated carbocycles. The lowest BCUT2D eigenvalue weighted by Crippen LogP contribution is -2.36. The number of rotatable bonds is 2. The first-order valence-electron chi connectivity index (χ1n) is 7.49. The number of carbonyl (C=O) groups is 1. The molecule has 2 aliphatic rings. The number of amides is 1. The lowest BCUT2D eigenvalue weighted by Gasteiger charge is -2.36. The molecule has 108 valence electrons. The molecule has 1 aromatic carbocycles. The number of carbonyl (C=O) groups excluding carboxylic acids is 1. The highest BCUT2D eigenvalue weighted by atomic mass is 16.1. The number of nitrogens with two attached hydrogens (primary N) is 1. The molecule has 0 bridgehead atoms. The normalized spacial score (nSPS) is 25.2. The van der Waals surface area contributed by atoms with Crippen molar-refractivity contribution in [3.8, 4) is 0 Å². The van der Waals surface area contributed by atoms with Gasteiger partial charge in [-0.05, 0) is 36.5 Å². The van der Waals surface area contributed by atoms with Crippen molar-refractivity contribution in [2.24, 2.45) is 5.92 Å². The molecular weight excluding hydrogens is 250 g/mol. The van der Waals surface area contributed by atoms with E-state index in [0.717, 1.165) is 28.5 Å². The molecule has 1 aliphatic carbocycles. The van der Waals surface area contributed by atoms with Gasteiger partial charge in [-0.3, -0.25) is 4.79 Å². The Morgan fingerprint density at radius 1 is 1.35 bits per heavy atom. The third kappa shape index (κ3) is 2.35. The molecule has 1 aliphatic heterocycles. The van der Waals surface area contributed by atoms with E-state index in [1.807, 2.05) is 12.1 Å². The van der Waals surface area contributed by atoms with Gasteiger partial charge in [-0.1, -0.05) is 19.8 Å². The van der Waals surface area contributed by atoms with Gasteiger partial charge in [0.15, 0.2) is 0 Å². The highest BCUT2D eigenvalue weighted by Crippen LogP contribution is 2.36. The predicted octanol–water partition coefficient (Wildman–Crippen LogP) is 2.78. The molecule has 3 N–H and O–H groups in total. The Morgan fingerprint density at radius 2 is 2.15 bits per heavy atom. The van der Waals surface area contributed by atoms with Crippen molar-refractivity contribution in [1.29, 1.82) is 0 Å². The maximum Gasteiger partial charge on any atom is 0.228 e. The second-order valence-electron chi connectivity index (χ2n) is 6.33. The van der Waals surface area contributed by atoms with Crippen LogP contribution < -0.4 is 16.0 Å². The molecule has 4 nitrogen and oxygen atoms in total. The van der Waals surface area contributed by atoms with Crippen molar-refractivity contribution in [2.75, 3.05) is 23.0 Å². The van der Waals surface area contributed by atoms with Crippen LogP contribution in [-0.2, 0) is 11.2 Å². The number of nitrogens with zero attached hydrogens (tertiary/aromatic N) is 1. The summed E-state index contributed by atoms with van der Waals surface area (Å²) in [4.78, 5) is 13.8. The molecule has 0 saturated heterocycles. The van der Waals surface area contributed by atoms with Gasteiger partial charge in [0.1, 0.15) is 0 Å². The Morgan fingerprint density at radius 3 is 2.90 bits per heavy atom. The van der Waals surface area contributed by atoms with Crippen molar-refractivity contribution in [2.45, 2.75) is 45.1 Å². The van der Waals surface area contributed by atoms with Gasteiger partial charge >= 0.3 is 0 Å². The van der Waals surface area contributed by atoms with Crippen molar-refractivity contribution in [3.63, 3.8) is 0 Å². The van der Waals surface area contributed by atoms with Crippen molar-refractivity contribution in [3.05, 3.63) is 17.7 Å². The summed E-state index contributed by atoms with van der Waals surface area (Å²) in [6.45, 7) is 2.33. The largest absolute Gasteiger partial charge is 0.397 e. The summed E-state index contributed by atoms with van der Waals surface area (Å²) in [6.07, 6.45) is 5.52. The van der Waals surface area contributed by atoms with E-state index in [1.165, 1.54) is 25.7 Å². The molecule has 1 aromatic rings. The van der Waals surface area contributed by atoms with Crippen molar-refractivity contribution < 1.29 is 4.79 Å². The van der Waals surface area contributed by atoms with Crippen LogP contribution in [-0.4, -0.2) is 19.0 Å². The van der Waals surface area contributed by atoms with Gasteiger partial charge in [-0.2, -0.15) is 0 Å². The Kier molecular flexibility index (Phi) is 3.32. The minimum atomic E-state index is 0.0606. The number of nitrogens with one attached hydrogen (secondary N) is 1. The number of hydrogen-bond donors (Lipinski definition) is 2. The lowest BCUT2D eigenvalue weighted by molar-refractivity contribution is -0.115. The maximum atomic E-state index is 11.5. The van der Waals surface area contributed by atoms with Gasteiger partial charge in [-0.15, -0.1) is 0 Å². The molecule has 1 fully saturated rings. The van der Waals surface area contributed by atoms with E-state index in [2.05, 4.69) is 24.2 Å². The summed E-state index contributed by atoms with van der Waals surface area (Å²) in [5.74, 6) is 0.844. The van der Waals surface area contributed by atoms with Gasteiger partial charge in [-0.25, -0.2) is 0 Å². The molecule has 3 rings (SSSR count). The van der Waals surface area contributed by atoms with Crippen LogP contribution in [0.3, 0.4) is 0 Å². The van der Waals surface area contributed by atoms with Crippen molar-refractivity contribution in [1.82, 2.24) is 0 Å². The third-order valence-electron chi connectivity index (χ3n) is 4.71. The highest BCUT2D eigenvalue weighted by Gasteiger charge is 2.26. The number of anilines is 3. The molecule has 20 heavy (non-hydrogen) atoms. The topological polar surface area (TPSA) is 58.4 Å². The van der Waals surface area contributed by atoms with Crippen LogP contribution in [0.15, 0.2) is 12.1 Å². The average molecular weight is 273 g/mol. The Bertz CT molecular complexity index is 541. The summed E-state index contributed by atoms with van der Waals surface area (Å²) >= 11 is 0. The third-order valence-corrected chi connectivity index (χ3v) is 4.71. The molecule has 4 heteroatoms. The standard InChI is InChI=1S/C16H23N3O/c1-10-4-3-5-12(6-10)19(2)15-9-14-11(7-13(15)17)8-16(20)18-14/h7,9-10,12H,3-6,8,17H2,1-2H3,(H,18,20). The molecule has 2 unspecified atom stereocenters. The fourth-order valence-electron chi connectivity index (χ4n) is 3.54. The fourth-order valence-corrected chi connectivity index (χ4v) is 3.54. The van der Waals surface area contributed by atoms with Crippen molar-refractivity contribution >= 4 is 23.0 Å². The van der Waals surface area contributed by atoms with Crippen LogP contribution in [0.4, 0.5) is 17.1 Å². The molecular formula is C16H23N3O. The second kappa shape index (κ2) is 5.00. The van der Waals surface area contributed by atoms with Gasteiger partial charge in [0.2, 0.25) is 5.91 Å². The SMILES string of the molecule is CC1CCCC(N(C)c2cc3c(cc2N)CC(=O)N3)C1. The quantitative estimate of drug-likeness (QED) is 0.815. The minimum Gasteiger partial charge on any atom is -0.397 e. The van der Waals surface area contributed by atoms with Gasteiger partial charge in [0, 0.05) is 18.8 Å². The summed E-state index contributed by atoms with van der Waals surface area (Å²) in [7, 11) is 2.12.